The van der Waals surface area contributed by atoms with E-state index in [1.54, 1.807) is 0 Å². The van der Waals surface area contributed by atoms with Crippen molar-refractivity contribution in [3.63, 3.8) is 0 Å². The number of nitrogen functional groups attached to an aromatic ring is 1. The fourth-order valence-corrected chi connectivity index (χ4v) is 2.40. The summed E-state index contributed by atoms with van der Waals surface area (Å²) in [5, 5.41) is 18.8. The van der Waals surface area contributed by atoms with Crippen LogP contribution in [-0.2, 0) is 13.8 Å². The predicted octanol–water partition coefficient (Wildman–Crippen LogP) is -1.72. The van der Waals surface area contributed by atoms with Gasteiger partial charge in [-0.3, -0.25) is 9.09 Å². The molecule has 1 aliphatic heterocycles. The van der Waals surface area contributed by atoms with Crippen molar-refractivity contribution in [2.75, 3.05) is 12.3 Å². The summed E-state index contributed by atoms with van der Waals surface area (Å²) in [5.74, 6) is -1.86. The number of hydrogen-bond donors (Lipinski definition) is 5. The minimum atomic E-state index is -4.74. The highest BCUT2D eigenvalue weighted by atomic mass is 31.2. The molecule has 12 nitrogen and oxygen atoms in total. The maximum atomic E-state index is 11.8. The molecule has 13 heteroatoms. The third kappa shape index (κ3) is 4.13. The van der Waals surface area contributed by atoms with Crippen LogP contribution >= 0.6 is 7.82 Å². The lowest BCUT2D eigenvalue weighted by atomic mass is 10.2. The zero-order valence-corrected chi connectivity index (χ0v) is 12.4. The monoisotopic (exact) mass is 351 g/mol. The molecule has 0 bridgehead atoms. The number of carboxylic acids is 1. The third-order valence-electron chi connectivity index (χ3n) is 3.13. The van der Waals surface area contributed by atoms with E-state index >= 15 is 0 Å². The fraction of sp³-hybridized carbons (Fsp3) is 0.500. The first-order valence-corrected chi connectivity index (χ1v) is 7.77. The largest absolute Gasteiger partial charge is 0.478 e. The van der Waals surface area contributed by atoms with Crippen molar-refractivity contribution in [1.82, 2.24) is 9.55 Å². The Morgan fingerprint density at radius 3 is 2.78 bits per heavy atom. The number of carboxylic acid groups (broad SMARTS) is 1. The molecule has 128 valence electrons. The van der Waals surface area contributed by atoms with E-state index in [0.29, 0.717) is 0 Å². The molecule has 0 amide bonds. The molecule has 0 unspecified atom stereocenters. The second-order valence-electron chi connectivity index (χ2n) is 4.75. The summed E-state index contributed by atoms with van der Waals surface area (Å²) in [4.78, 5) is 43.4. The molecule has 2 heterocycles. The molecule has 1 aromatic rings. The van der Waals surface area contributed by atoms with Crippen molar-refractivity contribution in [2.24, 2.45) is 0 Å². The minimum absolute atomic E-state index is 0.125. The van der Waals surface area contributed by atoms with Gasteiger partial charge in [0.15, 0.2) is 0 Å². The molecule has 1 aromatic heterocycles. The number of hydrogen-bond acceptors (Lipinski definition) is 8. The molecule has 3 atom stereocenters. The Bertz CT molecular complexity index is 714. The maximum Gasteiger partial charge on any atom is 0.469 e. The third-order valence-corrected chi connectivity index (χ3v) is 3.62. The number of anilines is 1. The molecule has 0 spiro atoms. The number of aliphatic hydroxyl groups excluding tert-OH is 1. The van der Waals surface area contributed by atoms with E-state index in [2.05, 4.69) is 9.51 Å². The van der Waals surface area contributed by atoms with Crippen molar-refractivity contribution in [3.8, 4) is 0 Å². The van der Waals surface area contributed by atoms with Gasteiger partial charge in [0.1, 0.15) is 23.7 Å². The number of phosphoric acid groups is 1. The van der Waals surface area contributed by atoms with E-state index in [-0.39, 0.29) is 6.42 Å². The Hall–Kier alpha value is -1.82. The highest BCUT2D eigenvalue weighted by molar-refractivity contribution is 7.46. The fourth-order valence-electron chi connectivity index (χ4n) is 2.06. The number of aromatic nitrogens is 2. The molecule has 1 aliphatic rings. The number of ether oxygens (including phenoxy) is 1. The van der Waals surface area contributed by atoms with Crippen molar-refractivity contribution in [2.45, 2.75) is 24.9 Å². The van der Waals surface area contributed by atoms with Gasteiger partial charge in [-0.1, -0.05) is 0 Å². The lowest BCUT2D eigenvalue weighted by Crippen LogP contribution is -2.30. The van der Waals surface area contributed by atoms with E-state index in [4.69, 9.17) is 25.4 Å². The number of carbonyl (C=O) groups is 1. The maximum absolute atomic E-state index is 11.8. The number of aliphatic hydroxyl groups is 1. The Kier molecular flexibility index (Phi) is 4.84. The van der Waals surface area contributed by atoms with Gasteiger partial charge in [-0.15, -0.1) is 0 Å². The van der Waals surface area contributed by atoms with Gasteiger partial charge in [0.2, 0.25) is 0 Å². The molecule has 2 rings (SSSR count). The normalized spacial score (nSPS) is 24.7. The summed E-state index contributed by atoms with van der Waals surface area (Å²) in [6, 6.07) is 0. The Morgan fingerprint density at radius 2 is 2.22 bits per heavy atom. The topological polar surface area (TPSA) is 194 Å². The number of aromatic carboxylic acids is 1. The number of nitrogens with two attached hydrogens (primary N) is 1. The number of rotatable bonds is 5. The zero-order valence-electron chi connectivity index (χ0n) is 11.5. The van der Waals surface area contributed by atoms with Crippen LogP contribution in [0.5, 0.6) is 0 Å². The minimum Gasteiger partial charge on any atom is -0.478 e. The van der Waals surface area contributed by atoms with Crippen LogP contribution in [0.1, 0.15) is 23.0 Å². The van der Waals surface area contributed by atoms with E-state index in [1.165, 1.54) is 0 Å². The lowest BCUT2D eigenvalue weighted by Gasteiger charge is -2.16. The van der Waals surface area contributed by atoms with Crippen molar-refractivity contribution >= 4 is 19.6 Å². The first kappa shape index (κ1) is 17.5. The van der Waals surface area contributed by atoms with Gasteiger partial charge in [-0.05, 0) is 0 Å². The van der Waals surface area contributed by atoms with Crippen LogP contribution in [0.15, 0.2) is 11.0 Å². The Morgan fingerprint density at radius 1 is 1.57 bits per heavy atom. The summed E-state index contributed by atoms with van der Waals surface area (Å²) in [5.41, 5.74) is 4.03. The van der Waals surface area contributed by atoms with Gasteiger partial charge < -0.3 is 30.5 Å². The molecule has 23 heavy (non-hydrogen) atoms. The quantitative estimate of drug-likeness (QED) is 0.379. The molecule has 1 saturated heterocycles. The molecule has 0 radical (unpaired) electrons. The van der Waals surface area contributed by atoms with Crippen molar-refractivity contribution in [1.29, 1.82) is 0 Å². The van der Waals surface area contributed by atoms with Crippen LogP contribution in [-0.4, -0.2) is 54.3 Å². The first-order chi connectivity index (χ1) is 10.6. The molecule has 0 saturated carbocycles. The smallest absolute Gasteiger partial charge is 0.469 e. The summed E-state index contributed by atoms with van der Waals surface area (Å²) >= 11 is 0. The summed E-state index contributed by atoms with van der Waals surface area (Å²) in [7, 11) is -4.74. The summed E-state index contributed by atoms with van der Waals surface area (Å²) < 4.78 is 21.0. The lowest BCUT2D eigenvalue weighted by molar-refractivity contribution is -0.0451. The van der Waals surface area contributed by atoms with Crippen LogP contribution in [0, 0.1) is 0 Å². The molecule has 1 fully saturated rings. The van der Waals surface area contributed by atoms with Crippen LogP contribution < -0.4 is 11.4 Å². The van der Waals surface area contributed by atoms with Crippen LogP contribution in [0.4, 0.5) is 5.82 Å². The van der Waals surface area contributed by atoms with Crippen LogP contribution in [0.25, 0.3) is 0 Å². The average Bonchev–Trinajstić information content (AvgIpc) is 2.76. The molecule has 6 N–H and O–H groups in total. The second-order valence-corrected chi connectivity index (χ2v) is 5.99. The van der Waals surface area contributed by atoms with Gasteiger partial charge in [0.25, 0.3) is 0 Å². The van der Waals surface area contributed by atoms with Gasteiger partial charge >= 0.3 is 19.5 Å². The molecular formula is C10H14N3O9P. The summed E-state index contributed by atoms with van der Waals surface area (Å²) in [6.07, 6.45) is -2.56. The van der Waals surface area contributed by atoms with E-state index in [1.807, 2.05) is 0 Å². The van der Waals surface area contributed by atoms with E-state index < -0.39 is 55.9 Å². The zero-order chi connectivity index (χ0) is 17.4. The average molecular weight is 351 g/mol. The van der Waals surface area contributed by atoms with Crippen molar-refractivity contribution < 1.29 is 38.6 Å². The molecule has 0 aromatic carbocycles. The van der Waals surface area contributed by atoms with E-state index in [0.717, 1.165) is 10.8 Å². The molecular weight excluding hydrogens is 337 g/mol. The number of phosphoric ester groups is 1. The Balaban J connectivity index is 2.21. The van der Waals surface area contributed by atoms with Crippen LogP contribution in [0.2, 0.25) is 0 Å². The highest BCUT2D eigenvalue weighted by Crippen LogP contribution is 2.38. The van der Waals surface area contributed by atoms with Crippen LogP contribution in [0.3, 0.4) is 0 Å². The first-order valence-electron chi connectivity index (χ1n) is 6.24. The SMILES string of the molecule is Nc1nc(=O)n([C@H]2C[C@H](O)[C@@H](COP(=O)(O)O)O2)cc1C(=O)O. The van der Waals surface area contributed by atoms with Gasteiger partial charge in [-0.2, -0.15) is 4.98 Å². The standard InChI is InChI=1S/C10H14N3O9P/c11-8-4(9(15)16)2-13(10(17)12-8)7-1-5(14)6(22-7)3-21-23(18,19)20/h2,5-7,14H,1,3H2,(H,15,16)(H2,11,12,17)(H2,18,19,20)/t5-,6+,7+/m0/s1. The highest BCUT2D eigenvalue weighted by Gasteiger charge is 2.37. The van der Waals surface area contributed by atoms with E-state index in [9.17, 15) is 19.3 Å². The van der Waals surface area contributed by atoms with Crippen molar-refractivity contribution in [3.05, 3.63) is 22.2 Å². The second kappa shape index (κ2) is 6.35. The Labute approximate surface area is 128 Å². The predicted molar refractivity (Wildman–Crippen MR) is 72.4 cm³/mol. The van der Waals surface area contributed by atoms with Gasteiger partial charge in [-0.25, -0.2) is 14.2 Å². The summed E-state index contributed by atoms with van der Waals surface area (Å²) in [6.45, 7) is -0.606. The van der Waals surface area contributed by atoms with Gasteiger partial charge in [0, 0.05) is 12.6 Å². The molecule has 0 aliphatic carbocycles. The van der Waals surface area contributed by atoms with Gasteiger partial charge in [0.05, 0.1) is 12.7 Å². The number of nitrogens with zero attached hydrogens (tertiary/aromatic N) is 2.